The van der Waals surface area contributed by atoms with Gasteiger partial charge >= 0.3 is 5.97 Å². The number of sulfonamides is 1. The second kappa shape index (κ2) is 8.67. The Morgan fingerprint density at radius 3 is 2.36 bits per heavy atom. The topological polar surface area (TPSA) is 72.5 Å². The van der Waals surface area contributed by atoms with Crippen molar-refractivity contribution < 1.29 is 17.9 Å². The first-order valence-electron chi connectivity index (χ1n) is 7.51. The minimum atomic E-state index is -3.88. The molecule has 1 N–H and O–H groups in total. The summed E-state index contributed by atoms with van der Waals surface area (Å²) in [6, 6.07) is 11.6. The Labute approximate surface area is 157 Å². The van der Waals surface area contributed by atoms with Crippen molar-refractivity contribution in [2.24, 2.45) is 0 Å². The highest BCUT2D eigenvalue weighted by atomic mass is 35.5. The normalized spacial score (nSPS) is 12.6. The van der Waals surface area contributed by atoms with Gasteiger partial charge in [-0.25, -0.2) is 13.1 Å². The van der Waals surface area contributed by atoms with Crippen molar-refractivity contribution in [1.82, 2.24) is 4.72 Å². The second-order valence-corrected chi connectivity index (χ2v) is 7.72. The number of esters is 1. The van der Waals surface area contributed by atoms with Crippen molar-refractivity contribution in [3.8, 4) is 0 Å². The van der Waals surface area contributed by atoms with Crippen LogP contribution in [-0.4, -0.2) is 21.0 Å². The first-order valence-corrected chi connectivity index (χ1v) is 9.75. The molecule has 0 saturated heterocycles. The van der Waals surface area contributed by atoms with E-state index in [1.807, 2.05) is 0 Å². The van der Waals surface area contributed by atoms with Crippen molar-refractivity contribution in [2.75, 3.05) is 6.61 Å². The van der Waals surface area contributed by atoms with Crippen molar-refractivity contribution >= 4 is 39.2 Å². The van der Waals surface area contributed by atoms with Gasteiger partial charge in [-0.1, -0.05) is 41.4 Å². The number of benzene rings is 2. The number of ether oxygens (including phenoxy) is 1. The fourth-order valence-corrected chi connectivity index (χ4v) is 3.84. The molecule has 0 fully saturated rings. The van der Waals surface area contributed by atoms with Gasteiger partial charge in [-0.15, -0.1) is 0 Å². The lowest BCUT2D eigenvalue weighted by molar-refractivity contribution is -0.143. The van der Waals surface area contributed by atoms with Crippen LogP contribution in [-0.2, 0) is 19.6 Å². The van der Waals surface area contributed by atoms with Gasteiger partial charge in [0, 0.05) is 10.0 Å². The van der Waals surface area contributed by atoms with Gasteiger partial charge in [-0.3, -0.25) is 4.79 Å². The quantitative estimate of drug-likeness (QED) is 0.712. The van der Waals surface area contributed by atoms with Crippen molar-refractivity contribution in [1.29, 1.82) is 0 Å². The third kappa shape index (κ3) is 5.44. The zero-order chi connectivity index (χ0) is 18.4. The molecule has 134 valence electrons. The third-order valence-electron chi connectivity index (χ3n) is 3.38. The van der Waals surface area contributed by atoms with E-state index in [2.05, 4.69) is 4.72 Å². The molecular weight excluding hydrogens is 385 g/mol. The molecule has 2 aromatic rings. The molecule has 25 heavy (non-hydrogen) atoms. The second-order valence-electron chi connectivity index (χ2n) is 5.16. The van der Waals surface area contributed by atoms with Crippen LogP contribution < -0.4 is 4.72 Å². The molecule has 0 aliphatic heterocycles. The highest BCUT2D eigenvalue weighted by Gasteiger charge is 2.25. The predicted molar refractivity (Wildman–Crippen MR) is 97.2 cm³/mol. The summed E-state index contributed by atoms with van der Waals surface area (Å²) >= 11 is 12.0. The maximum absolute atomic E-state index is 12.6. The minimum absolute atomic E-state index is 0.0396. The lowest BCUT2D eigenvalue weighted by atomic mass is 10.1. The maximum Gasteiger partial charge on any atom is 0.307 e. The number of hydrogen-bond acceptors (Lipinski definition) is 4. The zero-order valence-corrected chi connectivity index (χ0v) is 15.7. The summed E-state index contributed by atoms with van der Waals surface area (Å²) in [6.45, 7) is 1.89. The van der Waals surface area contributed by atoms with Crippen LogP contribution in [0.1, 0.15) is 24.9 Å². The van der Waals surface area contributed by atoms with Crippen LogP contribution in [0.5, 0.6) is 0 Å². The molecule has 0 amide bonds. The van der Waals surface area contributed by atoms with Gasteiger partial charge in [-0.05, 0) is 42.8 Å². The lowest BCUT2D eigenvalue weighted by Crippen LogP contribution is -2.31. The van der Waals surface area contributed by atoms with Crippen molar-refractivity contribution in [2.45, 2.75) is 24.3 Å². The molecule has 8 heteroatoms. The summed E-state index contributed by atoms with van der Waals surface area (Å²) in [5.74, 6) is -0.522. The average molecular weight is 402 g/mol. The van der Waals surface area contributed by atoms with Gasteiger partial charge < -0.3 is 4.74 Å². The summed E-state index contributed by atoms with van der Waals surface area (Å²) in [7, 11) is -3.88. The summed E-state index contributed by atoms with van der Waals surface area (Å²) in [4.78, 5) is 11.9. The highest BCUT2D eigenvalue weighted by Crippen LogP contribution is 2.27. The molecule has 2 aromatic carbocycles. The van der Waals surface area contributed by atoms with Gasteiger partial charge in [0.1, 0.15) is 0 Å². The largest absolute Gasteiger partial charge is 0.466 e. The van der Waals surface area contributed by atoms with E-state index in [1.54, 1.807) is 31.2 Å². The number of carbonyl (C=O) groups excluding carboxylic acids is 1. The number of nitrogens with one attached hydrogen (secondary N) is 1. The third-order valence-corrected chi connectivity index (χ3v) is 5.46. The molecule has 1 atom stereocenters. The van der Waals surface area contributed by atoms with Gasteiger partial charge in [0.15, 0.2) is 0 Å². The van der Waals surface area contributed by atoms with Gasteiger partial charge in [0.2, 0.25) is 10.0 Å². The molecule has 0 aliphatic rings. The average Bonchev–Trinajstić information content (AvgIpc) is 2.55. The molecule has 0 bridgehead atoms. The van der Waals surface area contributed by atoms with Crippen LogP contribution in [0.25, 0.3) is 0 Å². The van der Waals surface area contributed by atoms with Gasteiger partial charge in [-0.2, -0.15) is 0 Å². The Morgan fingerprint density at radius 1 is 1.12 bits per heavy atom. The molecule has 2 rings (SSSR count). The lowest BCUT2D eigenvalue weighted by Gasteiger charge is -2.19. The Bertz CT molecular complexity index is 838. The van der Waals surface area contributed by atoms with Crippen molar-refractivity contribution in [3.05, 3.63) is 64.1 Å². The molecular formula is C17H17Cl2NO4S. The SMILES string of the molecule is CCOC(=O)C[C@H](NS(=O)(=O)c1ccc(Cl)cc1)c1ccccc1Cl. The Hall–Kier alpha value is -1.60. The summed E-state index contributed by atoms with van der Waals surface area (Å²) in [6.07, 6.45) is -0.176. The molecule has 0 radical (unpaired) electrons. The van der Waals surface area contributed by atoms with Crippen LogP contribution >= 0.6 is 23.2 Å². The Kier molecular flexibility index (Phi) is 6.84. The van der Waals surface area contributed by atoms with Crippen LogP contribution in [0.15, 0.2) is 53.4 Å². The van der Waals surface area contributed by atoms with Crippen LogP contribution in [0.4, 0.5) is 0 Å². The molecule has 0 unspecified atom stereocenters. The van der Waals surface area contributed by atoms with Crippen molar-refractivity contribution in [3.63, 3.8) is 0 Å². The smallest absolute Gasteiger partial charge is 0.307 e. The fourth-order valence-electron chi connectivity index (χ4n) is 2.23. The summed E-state index contributed by atoms with van der Waals surface area (Å²) in [5.41, 5.74) is 0.495. The fraction of sp³-hybridized carbons (Fsp3) is 0.235. The first kappa shape index (κ1) is 19.7. The standard InChI is InChI=1S/C17H17Cl2NO4S/c1-2-24-17(21)11-16(14-5-3-4-6-15(14)19)20-25(22,23)13-9-7-12(18)8-10-13/h3-10,16,20H,2,11H2,1H3/t16-/m0/s1. The summed E-state index contributed by atoms with van der Waals surface area (Å²) in [5, 5.41) is 0.781. The van der Waals surface area contributed by atoms with Crippen LogP contribution in [0, 0.1) is 0 Å². The van der Waals surface area contributed by atoms with E-state index in [4.69, 9.17) is 27.9 Å². The molecule has 0 aromatic heterocycles. The van der Waals surface area contributed by atoms with Gasteiger partial charge in [0.25, 0.3) is 0 Å². The number of hydrogen-bond donors (Lipinski definition) is 1. The number of halogens is 2. The zero-order valence-electron chi connectivity index (χ0n) is 13.4. The van der Waals surface area contributed by atoms with Crippen LogP contribution in [0.2, 0.25) is 10.0 Å². The molecule has 0 aliphatic carbocycles. The number of carbonyl (C=O) groups is 1. The van der Waals surface area contributed by atoms with E-state index in [0.717, 1.165) is 0 Å². The predicted octanol–water partition coefficient (Wildman–Crippen LogP) is 3.97. The monoisotopic (exact) mass is 401 g/mol. The van der Waals surface area contributed by atoms with Crippen LogP contribution in [0.3, 0.4) is 0 Å². The van der Waals surface area contributed by atoms with E-state index >= 15 is 0 Å². The van der Waals surface area contributed by atoms with E-state index < -0.39 is 22.0 Å². The Balaban J connectivity index is 2.33. The minimum Gasteiger partial charge on any atom is -0.466 e. The molecule has 0 heterocycles. The van der Waals surface area contributed by atoms with Gasteiger partial charge in [0.05, 0.1) is 24.0 Å². The Morgan fingerprint density at radius 2 is 1.76 bits per heavy atom. The van der Waals surface area contributed by atoms with E-state index in [0.29, 0.717) is 15.6 Å². The first-order chi connectivity index (χ1) is 11.8. The molecule has 5 nitrogen and oxygen atoms in total. The molecule has 0 saturated carbocycles. The maximum atomic E-state index is 12.6. The molecule has 0 spiro atoms. The summed E-state index contributed by atoms with van der Waals surface area (Å²) < 4.78 is 32.7. The van der Waals surface area contributed by atoms with E-state index in [9.17, 15) is 13.2 Å². The number of rotatable bonds is 7. The van der Waals surface area contributed by atoms with E-state index in [1.165, 1.54) is 24.3 Å². The highest BCUT2D eigenvalue weighted by molar-refractivity contribution is 7.89. The van der Waals surface area contributed by atoms with E-state index in [-0.39, 0.29) is 17.9 Å².